The number of benzene rings is 2. The van der Waals surface area contributed by atoms with Crippen LogP contribution in [0.2, 0.25) is 0 Å². The van der Waals surface area contributed by atoms with Crippen LogP contribution < -0.4 is 10.5 Å². The van der Waals surface area contributed by atoms with Crippen molar-refractivity contribution in [2.75, 3.05) is 0 Å². The molecule has 0 radical (unpaired) electrons. The highest BCUT2D eigenvalue weighted by Crippen LogP contribution is 2.27. The summed E-state index contributed by atoms with van der Waals surface area (Å²) in [5.74, 6) is -0.0432. The zero-order chi connectivity index (χ0) is 19.6. The monoisotopic (exact) mass is 366 g/mol. The second kappa shape index (κ2) is 7.15. The molecule has 0 spiro atoms. The zero-order valence-electron chi connectivity index (χ0n) is 15.6. The lowest BCUT2D eigenvalue weighted by Crippen LogP contribution is -2.26. The summed E-state index contributed by atoms with van der Waals surface area (Å²) in [6.07, 6.45) is 0.833. The first-order chi connectivity index (χ1) is 12.7. The van der Waals surface area contributed by atoms with Gasteiger partial charge in [0.1, 0.15) is 18.0 Å². The normalized spacial score (nSPS) is 11.4. The van der Waals surface area contributed by atoms with E-state index < -0.39 is 17.6 Å². The molecule has 0 aliphatic rings. The van der Waals surface area contributed by atoms with Crippen LogP contribution in [-0.4, -0.2) is 22.2 Å². The SMILES string of the molecule is CC(C)(C)OC(=O)n1cc(C(N)=O)c2cc(OCc3ccccc3)ccc21. The molecular weight excluding hydrogens is 344 g/mol. The fourth-order valence-corrected chi connectivity index (χ4v) is 2.70. The standard InChI is InChI=1S/C21H22N2O4/c1-21(2,3)27-20(25)23-12-17(19(22)24)16-11-15(9-10-18(16)23)26-13-14-7-5-4-6-8-14/h4-12H,13H2,1-3H3,(H2,22,24). The van der Waals surface area contributed by atoms with Crippen molar-refractivity contribution < 1.29 is 19.1 Å². The molecule has 1 amide bonds. The maximum absolute atomic E-state index is 12.5. The highest BCUT2D eigenvalue weighted by molar-refractivity contribution is 6.08. The molecule has 6 heteroatoms. The Labute approximate surface area is 157 Å². The van der Waals surface area contributed by atoms with Gasteiger partial charge in [-0.15, -0.1) is 0 Å². The fraction of sp³-hybridized carbons (Fsp3) is 0.238. The Morgan fingerprint density at radius 1 is 1.07 bits per heavy atom. The highest BCUT2D eigenvalue weighted by Gasteiger charge is 2.22. The van der Waals surface area contributed by atoms with Crippen LogP contribution in [0.5, 0.6) is 5.75 Å². The number of rotatable bonds is 4. The Kier molecular flexibility index (Phi) is 4.90. The van der Waals surface area contributed by atoms with E-state index in [1.165, 1.54) is 10.8 Å². The molecule has 1 heterocycles. The summed E-state index contributed by atoms with van der Waals surface area (Å²) in [6.45, 7) is 5.73. The zero-order valence-corrected chi connectivity index (χ0v) is 15.6. The number of nitrogens with zero attached hydrogens (tertiary/aromatic N) is 1. The quantitative estimate of drug-likeness (QED) is 0.753. The highest BCUT2D eigenvalue weighted by atomic mass is 16.6. The van der Waals surface area contributed by atoms with Gasteiger partial charge in [0.2, 0.25) is 0 Å². The average Bonchev–Trinajstić information content (AvgIpc) is 2.98. The lowest BCUT2D eigenvalue weighted by molar-refractivity contribution is 0.0544. The molecule has 3 aromatic rings. The predicted molar refractivity (Wildman–Crippen MR) is 103 cm³/mol. The van der Waals surface area contributed by atoms with E-state index in [2.05, 4.69) is 0 Å². The van der Waals surface area contributed by atoms with Crippen molar-refractivity contribution in [3.05, 3.63) is 65.9 Å². The summed E-state index contributed by atoms with van der Waals surface area (Å²) >= 11 is 0. The minimum absolute atomic E-state index is 0.237. The minimum atomic E-state index is -0.653. The van der Waals surface area contributed by atoms with E-state index in [1.54, 1.807) is 39.0 Å². The molecular formula is C21H22N2O4. The van der Waals surface area contributed by atoms with Gasteiger partial charge in [-0.3, -0.25) is 9.36 Å². The summed E-state index contributed by atoms with van der Waals surface area (Å²) < 4.78 is 12.5. The Morgan fingerprint density at radius 2 is 1.78 bits per heavy atom. The number of aromatic nitrogens is 1. The molecule has 2 N–H and O–H groups in total. The van der Waals surface area contributed by atoms with Gasteiger partial charge < -0.3 is 15.2 Å². The van der Waals surface area contributed by atoms with E-state index in [9.17, 15) is 9.59 Å². The molecule has 2 aromatic carbocycles. The summed E-state index contributed by atoms with van der Waals surface area (Å²) in [5.41, 5.74) is 6.63. The van der Waals surface area contributed by atoms with Gasteiger partial charge >= 0.3 is 6.09 Å². The van der Waals surface area contributed by atoms with Crippen LogP contribution >= 0.6 is 0 Å². The second-order valence-electron chi connectivity index (χ2n) is 7.21. The third-order valence-electron chi connectivity index (χ3n) is 3.88. The number of amides is 1. The summed E-state index contributed by atoms with van der Waals surface area (Å²) in [4.78, 5) is 24.3. The van der Waals surface area contributed by atoms with E-state index >= 15 is 0 Å². The molecule has 0 aliphatic carbocycles. The van der Waals surface area contributed by atoms with Gasteiger partial charge in [-0.25, -0.2) is 4.79 Å². The maximum Gasteiger partial charge on any atom is 0.419 e. The number of carbonyl (C=O) groups excluding carboxylic acids is 2. The van der Waals surface area contributed by atoms with Crippen LogP contribution in [0.3, 0.4) is 0 Å². The average molecular weight is 366 g/mol. The topological polar surface area (TPSA) is 83.5 Å². The van der Waals surface area contributed by atoms with Crippen LogP contribution in [0.25, 0.3) is 10.9 Å². The molecule has 1 aromatic heterocycles. The number of hydrogen-bond donors (Lipinski definition) is 1. The predicted octanol–water partition coefficient (Wildman–Crippen LogP) is 4.10. The van der Waals surface area contributed by atoms with Crippen molar-refractivity contribution in [1.29, 1.82) is 0 Å². The summed E-state index contributed by atoms with van der Waals surface area (Å²) in [7, 11) is 0. The number of ether oxygens (including phenoxy) is 2. The smallest absolute Gasteiger partial charge is 0.419 e. The Balaban J connectivity index is 1.94. The lowest BCUT2D eigenvalue weighted by Gasteiger charge is -2.19. The molecule has 0 aliphatic heterocycles. The first-order valence-electron chi connectivity index (χ1n) is 8.59. The van der Waals surface area contributed by atoms with Gasteiger partial charge in [0, 0.05) is 11.6 Å². The number of carbonyl (C=O) groups is 2. The molecule has 0 saturated heterocycles. The van der Waals surface area contributed by atoms with Gasteiger partial charge in [-0.2, -0.15) is 0 Å². The number of fused-ring (bicyclic) bond motifs is 1. The van der Waals surface area contributed by atoms with Gasteiger partial charge in [0.25, 0.3) is 5.91 Å². The molecule has 0 bridgehead atoms. The molecule has 0 saturated carbocycles. The van der Waals surface area contributed by atoms with Crippen molar-refractivity contribution in [3.8, 4) is 5.75 Å². The molecule has 6 nitrogen and oxygen atoms in total. The number of primary amides is 1. The van der Waals surface area contributed by atoms with E-state index in [4.69, 9.17) is 15.2 Å². The third kappa shape index (κ3) is 4.28. The third-order valence-corrected chi connectivity index (χ3v) is 3.88. The molecule has 140 valence electrons. The van der Waals surface area contributed by atoms with Crippen LogP contribution in [0, 0.1) is 0 Å². The van der Waals surface area contributed by atoms with Crippen molar-refractivity contribution in [1.82, 2.24) is 4.57 Å². The van der Waals surface area contributed by atoms with Crippen LogP contribution in [0.4, 0.5) is 4.79 Å². The van der Waals surface area contributed by atoms with Crippen LogP contribution in [0.15, 0.2) is 54.7 Å². The van der Waals surface area contributed by atoms with Gasteiger partial charge in [-0.1, -0.05) is 30.3 Å². The largest absolute Gasteiger partial charge is 0.489 e. The van der Waals surface area contributed by atoms with Crippen molar-refractivity contribution >= 4 is 22.9 Å². The van der Waals surface area contributed by atoms with E-state index in [1.807, 2.05) is 30.3 Å². The maximum atomic E-state index is 12.5. The molecule has 0 atom stereocenters. The van der Waals surface area contributed by atoms with Crippen molar-refractivity contribution in [3.63, 3.8) is 0 Å². The molecule has 0 fully saturated rings. The summed E-state index contributed by atoms with van der Waals surface area (Å²) in [5, 5.41) is 0.541. The van der Waals surface area contributed by atoms with Crippen LogP contribution in [-0.2, 0) is 11.3 Å². The minimum Gasteiger partial charge on any atom is -0.489 e. The van der Waals surface area contributed by atoms with Gasteiger partial charge in [0.15, 0.2) is 0 Å². The Bertz CT molecular complexity index is 985. The van der Waals surface area contributed by atoms with Crippen LogP contribution in [0.1, 0.15) is 36.7 Å². The van der Waals surface area contributed by atoms with Gasteiger partial charge in [0.05, 0.1) is 11.1 Å². The fourth-order valence-electron chi connectivity index (χ4n) is 2.70. The summed E-state index contributed by atoms with van der Waals surface area (Å²) in [6, 6.07) is 14.9. The molecule has 3 rings (SSSR count). The molecule has 0 unspecified atom stereocenters. The first-order valence-corrected chi connectivity index (χ1v) is 8.59. The first kappa shape index (κ1) is 18.5. The molecule has 27 heavy (non-hydrogen) atoms. The van der Waals surface area contributed by atoms with E-state index in [0.717, 1.165) is 5.56 Å². The Hall–Kier alpha value is -3.28. The number of nitrogens with two attached hydrogens (primary N) is 1. The van der Waals surface area contributed by atoms with Crippen molar-refractivity contribution in [2.24, 2.45) is 5.73 Å². The van der Waals surface area contributed by atoms with Crippen molar-refractivity contribution in [2.45, 2.75) is 33.0 Å². The number of hydrogen-bond acceptors (Lipinski definition) is 4. The second-order valence-corrected chi connectivity index (χ2v) is 7.21. The van der Waals surface area contributed by atoms with E-state index in [-0.39, 0.29) is 5.56 Å². The van der Waals surface area contributed by atoms with Gasteiger partial charge in [-0.05, 0) is 44.5 Å². The lowest BCUT2D eigenvalue weighted by atomic mass is 10.1. The van der Waals surface area contributed by atoms with E-state index in [0.29, 0.717) is 23.3 Å². The Morgan fingerprint density at radius 3 is 2.41 bits per heavy atom.